The van der Waals surface area contributed by atoms with E-state index in [1.54, 1.807) is 0 Å². The van der Waals surface area contributed by atoms with Gasteiger partial charge in [0.2, 0.25) is 0 Å². The Labute approximate surface area is 151 Å². The van der Waals surface area contributed by atoms with Crippen molar-refractivity contribution in [2.75, 3.05) is 0 Å². The van der Waals surface area contributed by atoms with Crippen LogP contribution in [-0.2, 0) is 11.8 Å². The van der Waals surface area contributed by atoms with E-state index in [4.69, 9.17) is 0 Å². The minimum atomic E-state index is 0.223. The molecule has 2 heterocycles. The molecule has 0 saturated heterocycles. The average molecular weight is 333 g/mol. The second-order valence-corrected chi connectivity index (χ2v) is 5.28. The molecule has 0 radical (unpaired) electrons. The lowest BCUT2D eigenvalue weighted by molar-refractivity contribution is 0.470. The normalized spacial score (nSPS) is 13.2. The largest absolute Gasteiger partial charge is 0.264 e. The monoisotopic (exact) mass is 332 g/mol. The van der Waals surface area contributed by atoms with Crippen molar-refractivity contribution in [3.05, 3.63) is 35.9 Å². The van der Waals surface area contributed by atoms with Crippen LogP contribution in [0, 0.1) is 0 Å². The zero-order chi connectivity index (χ0) is 19.2. The van der Waals surface area contributed by atoms with Crippen LogP contribution in [0.25, 0.3) is 10.8 Å². The van der Waals surface area contributed by atoms with Crippen LogP contribution >= 0.6 is 0 Å². The van der Waals surface area contributed by atoms with E-state index < -0.39 is 0 Å². The number of rotatable bonds is 0. The van der Waals surface area contributed by atoms with Gasteiger partial charge in [-0.3, -0.25) is 9.97 Å². The molecule has 1 aliphatic carbocycles. The third kappa shape index (κ3) is 6.22. The Bertz CT molecular complexity index is 539. The van der Waals surface area contributed by atoms with Gasteiger partial charge in [-0.2, -0.15) is 0 Å². The van der Waals surface area contributed by atoms with Crippen LogP contribution < -0.4 is 0 Å². The maximum Gasteiger partial charge on any atom is 0.0485 e. The molecule has 1 aliphatic rings. The fraction of sp³-hybridized carbons (Fsp3) is 0.636. The Morgan fingerprint density at radius 3 is 2.04 bits per heavy atom. The predicted octanol–water partition coefficient (Wildman–Crippen LogP) is 7.35. The van der Waals surface area contributed by atoms with Crippen molar-refractivity contribution in [2.45, 2.75) is 93.9 Å². The van der Waals surface area contributed by atoms with Gasteiger partial charge in [0.1, 0.15) is 0 Å². The molecule has 0 amide bonds. The smallest absolute Gasteiger partial charge is 0.0485 e. The second-order valence-electron chi connectivity index (χ2n) is 5.28. The molecule has 0 aliphatic heterocycles. The summed E-state index contributed by atoms with van der Waals surface area (Å²) in [5.41, 5.74) is 2.84. The SMILES string of the molecule is CC.CC.CC.CC.CC1(C)CCCc2nccc3cncc1c23. The molecule has 24 heavy (non-hydrogen) atoms. The van der Waals surface area contributed by atoms with Gasteiger partial charge in [0.25, 0.3) is 0 Å². The topological polar surface area (TPSA) is 25.8 Å². The summed E-state index contributed by atoms with van der Waals surface area (Å²) in [5, 5.41) is 2.58. The van der Waals surface area contributed by atoms with E-state index in [-0.39, 0.29) is 5.41 Å². The zero-order valence-electron chi connectivity index (χ0n) is 17.8. The molecule has 0 fully saturated rings. The van der Waals surface area contributed by atoms with E-state index in [0.717, 1.165) is 6.42 Å². The van der Waals surface area contributed by atoms with E-state index in [9.17, 15) is 0 Å². The van der Waals surface area contributed by atoms with Gasteiger partial charge in [0.05, 0.1) is 0 Å². The molecular weight excluding hydrogens is 292 g/mol. The summed E-state index contributed by atoms with van der Waals surface area (Å²) >= 11 is 0. The van der Waals surface area contributed by atoms with Crippen molar-refractivity contribution in [2.24, 2.45) is 0 Å². The van der Waals surface area contributed by atoms with Crippen LogP contribution in [0.1, 0.15) is 93.3 Å². The fourth-order valence-corrected chi connectivity index (χ4v) is 2.73. The van der Waals surface area contributed by atoms with Gasteiger partial charge in [-0.1, -0.05) is 69.2 Å². The third-order valence-electron chi connectivity index (χ3n) is 3.69. The summed E-state index contributed by atoms with van der Waals surface area (Å²) in [6.45, 7) is 20.6. The fourth-order valence-electron chi connectivity index (χ4n) is 2.73. The Kier molecular flexibility index (Phi) is 14.4. The summed E-state index contributed by atoms with van der Waals surface area (Å²) in [5.74, 6) is 0. The highest BCUT2D eigenvalue weighted by Gasteiger charge is 2.27. The van der Waals surface area contributed by atoms with E-state index >= 15 is 0 Å². The molecule has 0 atom stereocenters. The summed E-state index contributed by atoms with van der Waals surface area (Å²) in [4.78, 5) is 8.90. The van der Waals surface area contributed by atoms with E-state index in [1.165, 1.54) is 34.9 Å². The van der Waals surface area contributed by atoms with Crippen molar-refractivity contribution in [3.8, 4) is 0 Å². The number of pyridine rings is 2. The Morgan fingerprint density at radius 2 is 1.46 bits per heavy atom. The first-order valence-electron chi connectivity index (χ1n) is 9.90. The summed E-state index contributed by atoms with van der Waals surface area (Å²) < 4.78 is 0. The van der Waals surface area contributed by atoms with Crippen molar-refractivity contribution >= 4 is 10.8 Å². The lowest BCUT2D eigenvalue weighted by Crippen LogP contribution is -2.16. The van der Waals surface area contributed by atoms with Crippen LogP contribution in [0.3, 0.4) is 0 Å². The van der Waals surface area contributed by atoms with Gasteiger partial charge in [-0.25, -0.2) is 0 Å². The third-order valence-corrected chi connectivity index (χ3v) is 3.69. The minimum Gasteiger partial charge on any atom is -0.264 e. The highest BCUT2D eigenvalue weighted by Crippen LogP contribution is 2.37. The summed E-state index contributed by atoms with van der Waals surface area (Å²) in [6.07, 6.45) is 9.40. The Morgan fingerprint density at radius 1 is 0.875 bits per heavy atom. The predicted molar refractivity (Wildman–Crippen MR) is 111 cm³/mol. The van der Waals surface area contributed by atoms with Crippen molar-refractivity contribution in [1.29, 1.82) is 0 Å². The first-order valence-corrected chi connectivity index (χ1v) is 9.90. The molecule has 138 valence electrons. The second kappa shape index (κ2) is 13.9. The molecular formula is C22H40N2. The first-order chi connectivity index (χ1) is 11.7. The molecule has 0 N–H and O–H groups in total. The Hall–Kier alpha value is -1.44. The molecule has 2 aromatic rings. The van der Waals surface area contributed by atoms with Crippen molar-refractivity contribution in [1.82, 2.24) is 9.97 Å². The number of aromatic nitrogens is 2. The Balaban J connectivity index is 0. The maximum absolute atomic E-state index is 4.54. The maximum atomic E-state index is 4.54. The van der Waals surface area contributed by atoms with Gasteiger partial charge in [-0.15, -0.1) is 0 Å². The van der Waals surface area contributed by atoms with Crippen molar-refractivity contribution in [3.63, 3.8) is 0 Å². The molecule has 2 nitrogen and oxygen atoms in total. The highest BCUT2D eigenvalue weighted by atomic mass is 14.7. The quantitative estimate of drug-likeness (QED) is 0.504. The first kappa shape index (κ1) is 24.8. The molecule has 2 heteroatoms. The molecule has 0 aromatic carbocycles. The molecule has 0 saturated carbocycles. The molecule has 0 spiro atoms. The minimum absolute atomic E-state index is 0.223. The summed E-state index contributed by atoms with van der Waals surface area (Å²) in [7, 11) is 0. The van der Waals surface area contributed by atoms with Crippen LogP contribution in [0.2, 0.25) is 0 Å². The molecule has 3 rings (SSSR count). The van der Waals surface area contributed by atoms with Gasteiger partial charge in [0, 0.05) is 35.1 Å². The van der Waals surface area contributed by atoms with E-state index in [1.807, 2.05) is 74.0 Å². The average Bonchev–Trinajstić information content (AvgIpc) is 2.80. The lowest BCUT2D eigenvalue weighted by Gasteiger charge is -2.24. The van der Waals surface area contributed by atoms with E-state index in [0.29, 0.717) is 0 Å². The number of hydrogen-bond donors (Lipinski definition) is 0. The van der Waals surface area contributed by atoms with Crippen LogP contribution in [0.4, 0.5) is 0 Å². The van der Waals surface area contributed by atoms with Gasteiger partial charge < -0.3 is 0 Å². The molecule has 0 unspecified atom stereocenters. The summed E-state index contributed by atoms with van der Waals surface area (Å²) in [6, 6.07) is 2.07. The highest BCUT2D eigenvalue weighted by molar-refractivity contribution is 5.87. The number of hydrogen-bond acceptors (Lipinski definition) is 2. The van der Waals surface area contributed by atoms with Crippen LogP contribution in [-0.4, -0.2) is 9.97 Å². The zero-order valence-corrected chi connectivity index (χ0v) is 17.8. The molecule has 2 aromatic heterocycles. The van der Waals surface area contributed by atoms with E-state index in [2.05, 4.69) is 29.9 Å². The van der Waals surface area contributed by atoms with Crippen LogP contribution in [0.15, 0.2) is 24.7 Å². The van der Waals surface area contributed by atoms with Crippen LogP contribution in [0.5, 0.6) is 0 Å². The number of aryl methyl sites for hydroxylation is 1. The van der Waals surface area contributed by atoms with Gasteiger partial charge >= 0.3 is 0 Å². The lowest BCUT2D eigenvalue weighted by atomic mass is 9.81. The van der Waals surface area contributed by atoms with Gasteiger partial charge in [0.15, 0.2) is 0 Å². The van der Waals surface area contributed by atoms with Gasteiger partial charge in [-0.05, 0) is 36.3 Å². The molecule has 0 bridgehead atoms. The van der Waals surface area contributed by atoms with Crippen molar-refractivity contribution < 1.29 is 0 Å². The number of nitrogens with zero attached hydrogens (tertiary/aromatic N) is 2. The standard InChI is InChI=1S/C14H16N2.4C2H6/c1-14(2)6-3-4-12-13-10(5-7-16-12)8-15-9-11(13)14;4*1-2/h5,7-9H,3-4,6H2,1-2H3;4*1-2H3.